The lowest BCUT2D eigenvalue weighted by Crippen LogP contribution is -2.26. The predicted octanol–water partition coefficient (Wildman–Crippen LogP) is 10.8. The molecule has 0 aliphatic heterocycles. The van der Waals surface area contributed by atoms with E-state index in [2.05, 4.69) is 47.1 Å². The zero-order valence-corrected chi connectivity index (χ0v) is 26.5. The molecule has 0 fully saturated rings. The molecule has 1 aromatic carbocycles. The molecule has 1 atom stereocenters. The van der Waals surface area contributed by atoms with Crippen LogP contribution in [0.2, 0.25) is 0 Å². The van der Waals surface area contributed by atoms with E-state index in [4.69, 9.17) is 14.2 Å². The first-order valence-corrected chi connectivity index (χ1v) is 17.4. The van der Waals surface area contributed by atoms with Crippen molar-refractivity contribution in [3.05, 3.63) is 35.9 Å². The molecule has 0 heterocycles. The highest BCUT2D eigenvalue weighted by molar-refractivity contribution is 9.09. The van der Waals surface area contributed by atoms with Crippen LogP contribution in [-0.4, -0.2) is 37.9 Å². The average molecular weight is 598 g/mol. The number of ether oxygens (including phenoxy) is 3. The molecule has 0 N–H and O–H groups in total. The Balaban J connectivity index is 2.03. The molecule has 0 radical (unpaired) electrons. The molecule has 0 aromatic heterocycles. The molecule has 0 saturated carbocycles. The molecule has 0 aliphatic rings. The van der Waals surface area contributed by atoms with Gasteiger partial charge in [0.15, 0.2) is 0 Å². The van der Waals surface area contributed by atoms with E-state index in [-0.39, 0.29) is 6.10 Å². The molecule has 0 spiro atoms. The van der Waals surface area contributed by atoms with Gasteiger partial charge in [-0.05, 0) is 24.8 Å². The van der Waals surface area contributed by atoms with E-state index in [1.165, 1.54) is 121 Å². The van der Waals surface area contributed by atoms with Crippen LogP contribution in [0.3, 0.4) is 0 Å². The Kier molecular flexibility index (Phi) is 27.7. The maximum atomic E-state index is 6.17. The van der Waals surface area contributed by atoms with E-state index < -0.39 is 0 Å². The molecule has 0 bridgehead atoms. The first-order valence-electron chi connectivity index (χ1n) is 16.2. The Bertz CT molecular complexity index is 568. The van der Waals surface area contributed by atoms with Crippen LogP contribution in [0.15, 0.2) is 30.3 Å². The van der Waals surface area contributed by atoms with Crippen molar-refractivity contribution in [2.24, 2.45) is 0 Å². The topological polar surface area (TPSA) is 27.7 Å². The van der Waals surface area contributed by atoms with Crippen molar-refractivity contribution in [3.63, 3.8) is 0 Å². The molecule has 1 aromatic rings. The van der Waals surface area contributed by atoms with Crippen molar-refractivity contribution >= 4 is 15.9 Å². The third kappa shape index (κ3) is 24.6. The summed E-state index contributed by atoms with van der Waals surface area (Å²) in [5.41, 5.74) is 1.21. The standard InChI is InChI=1S/C34H61BrO3/c1-2-3-4-5-6-7-8-9-10-11-12-14-17-23-28-36-31-34(32-37-30-33-25-20-19-21-26-33)38-29-24-18-15-13-16-22-27-35/h19-21,25-26,34H,2-18,22-24,27-32H2,1H3. The summed E-state index contributed by atoms with van der Waals surface area (Å²) in [4.78, 5) is 0. The number of hydrogen-bond donors (Lipinski definition) is 0. The van der Waals surface area contributed by atoms with Gasteiger partial charge in [-0.25, -0.2) is 0 Å². The number of rotatable bonds is 30. The van der Waals surface area contributed by atoms with Crippen molar-refractivity contribution in [3.8, 4) is 0 Å². The van der Waals surface area contributed by atoms with E-state index in [0.717, 1.165) is 31.4 Å². The minimum absolute atomic E-state index is 0.0266. The predicted molar refractivity (Wildman–Crippen MR) is 168 cm³/mol. The Morgan fingerprint density at radius 2 is 1.03 bits per heavy atom. The van der Waals surface area contributed by atoms with Crippen LogP contribution >= 0.6 is 15.9 Å². The zero-order chi connectivity index (χ0) is 27.2. The zero-order valence-electron chi connectivity index (χ0n) is 25.0. The Labute approximate surface area is 245 Å². The molecule has 4 heteroatoms. The van der Waals surface area contributed by atoms with Gasteiger partial charge in [-0.3, -0.25) is 0 Å². The summed E-state index contributed by atoms with van der Waals surface area (Å²) < 4.78 is 18.2. The minimum Gasteiger partial charge on any atom is -0.379 e. The molecule has 38 heavy (non-hydrogen) atoms. The van der Waals surface area contributed by atoms with Crippen LogP contribution in [-0.2, 0) is 20.8 Å². The van der Waals surface area contributed by atoms with Crippen molar-refractivity contribution < 1.29 is 14.2 Å². The van der Waals surface area contributed by atoms with Gasteiger partial charge in [0.05, 0.1) is 19.8 Å². The van der Waals surface area contributed by atoms with Crippen LogP contribution in [0.5, 0.6) is 0 Å². The largest absolute Gasteiger partial charge is 0.379 e. The summed E-state index contributed by atoms with van der Waals surface area (Å²) in [5, 5.41) is 1.13. The van der Waals surface area contributed by atoms with Crippen LogP contribution in [0.1, 0.15) is 141 Å². The van der Waals surface area contributed by atoms with Crippen molar-refractivity contribution in [2.75, 3.05) is 31.8 Å². The molecule has 0 saturated heterocycles. The lowest BCUT2D eigenvalue weighted by molar-refractivity contribution is -0.0645. The number of benzene rings is 1. The SMILES string of the molecule is CCCCCCCCCCCCCCCCOCC(COCc1ccccc1)OCCCCCCCCBr. The van der Waals surface area contributed by atoms with Gasteiger partial charge in [-0.1, -0.05) is 162 Å². The van der Waals surface area contributed by atoms with Crippen LogP contribution < -0.4 is 0 Å². The van der Waals surface area contributed by atoms with Gasteiger partial charge in [0.1, 0.15) is 6.10 Å². The van der Waals surface area contributed by atoms with E-state index >= 15 is 0 Å². The number of alkyl halides is 1. The highest BCUT2D eigenvalue weighted by Gasteiger charge is 2.10. The first-order chi connectivity index (χ1) is 18.9. The lowest BCUT2D eigenvalue weighted by atomic mass is 10.0. The third-order valence-electron chi connectivity index (χ3n) is 7.24. The normalized spacial score (nSPS) is 12.3. The van der Waals surface area contributed by atoms with Gasteiger partial charge in [-0.2, -0.15) is 0 Å². The summed E-state index contributed by atoms with van der Waals surface area (Å²) in [6, 6.07) is 10.4. The quantitative estimate of drug-likeness (QED) is 0.0652. The lowest BCUT2D eigenvalue weighted by Gasteiger charge is -2.18. The van der Waals surface area contributed by atoms with E-state index in [1.807, 2.05) is 6.07 Å². The summed E-state index contributed by atoms with van der Waals surface area (Å²) in [5.74, 6) is 0. The summed E-state index contributed by atoms with van der Waals surface area (Å²) in [6.45, 7) is 5.80. The van der Waals surface area contributed by atoms with Crippen LogP contribution in [0, 0.1) is 0 Å². The van der Waals surface area contributed by atoms with Crippen molar-refractivity contribution in [2.45, 2.75) is 148 Å². The molecule has 3 nitrogen and oxygen atoms in total. The summed E-state index contributed by atoms with van der Waals surface area (Å²) >= 11 is 3.51. The van der Waals surface area contributed by atoms with E-state index in [0.29, 0.717) is 19.8 Å². The first kappa shape index (κ1) is 35.6. The second kappa shape index (κ2) is 29.6. The van der Waals surface area contributed by atoms with Gasteiger partial charge in [0.2, 0.25) is 0 Å². The number of hydrogen-bond acceptors (Lipinski definition) is 3. The fourth-order valence-corrected chi connectivity index (χ4v) is 5.19. The molecule has 1 unspecified atom stereocenters. The third-order valence-corrected chi connectivity index (χ3v) is 7.80. The minimum atomic E-state index is 0.0266. The number of unbranched alkanes of at least 4 members (excludes halogenated alkanes) is 18. The Hall–Kier alpha value is -0.420. The van der Waals surface area contributed by atoms with E-state index in [1.54, 1.807) is 0 Å². The van der Waals surface area contributed by atoms with Crippen molar-refractivity contribution in [1.82, 2.24) is 0 Å². The monoisotopic (exact) mass is 596 g/mol. The molecular weight excluding hydrogens is 536 g/mol. The van der Waals surface area contributed by atoms with Gasteiger partial charge >= 0.3 is 0 Å². The highest BCUT2D eigenvalue weighted by Crippen LogP contribution is 2.13. The average Bonchev–Trinajstić information content (AvgIpc) is 2.94. The second-order valence-electron chi connectivity index (χ2n) is 11.0. The van der Waals surface area contributed by atoms with E-state index in [9.17, 15) is 0 Å². The maximum absolute atomic E-state index is 6.17. The molecule has 0 aliphatic carbocycles. The van der Waals surface area contributed by atoms with Crippen LogP contribution in [0.4, 0.5) is 0 Å². The smallest absolute Gasteiger partial charge is 0.104 e. The molecule has 1 rings (SSSR count). The van der Waals surface area contributed by atoms with Gasteiger partial charge < -0.3 is 14.2 Å². The Morgan fingerprint density at radius 1 is 0.553 bits per heavy atom. The Morgan fingerprint density at radius 3 is 1.58 bits per heavy atom. The second-order valence-corrected chi connectivity index (χ2v) is 11.8. The van der Waals surface area contributed by atoms with Gasteiger partial charge in [0.25, 0.3) is 0 Å². The summed E-state index contributed by atoms with van der Waals surface area (Å²) in [7, 11) is 0. The van der Waals surface area contributed by atoms with Gasteiger partial charge in [0, 0.05) is 18.5 Å². The molecular formula is C34H61BrO3. The molecule has 222 valence electrons. The number of halogens is 1. The van der Waals surface area contributed by atoms with Gasteiger partial charge in [-0.15, -0.1) is 0 Å². The molecule has 0 amide bonds. The van der Waals surface area contributed by atoms with Crippen molar-refractivity contribution in [1.29, 1.82) is 0 Å². The fraction of sp³-hybridized carbons (Fsp3) is 0.824. The fourth-order valence-electron chi connectivity index (χ4n) is 4.79. The van der Waals surface area contributed by atoms with Crippen LogP contribution in [0.25, 0.3) is 0 Å². The highest BCUT2D eigenvalue weighted by atomic mass is 79.9. The maximum Gasteiger partial charge on any atom is 0.104 e. The summed E-state index contributed by atoms with van der Waals surface area (Å²) in [6.07, 6.45) is 27.1.